The fourth-order valence-electron chi connectivity index (χ4n) is 3.41. The van der Waals surface area contributed by atoms with Gasteiger partial charge < -0.3 is 4.90 Å². The zero-order valence-electron chi connectivity index (χ0n) is 15.9. The number of piperazine rings is 1. The molecule has 0 aromatic heterocycles. The number of benzene rings is 1. The van der Waals surface area contributed by atoms with Crippen LogP contribution in [0.5, 0.6) is 0 Å². The molecule has 0 radical (unpaired) electrons. The van der Waals surface area contributed by atoms with Crippen LogP contribution in [0.3, 0.4) is 0 Å². The van der Waals surface area contributed by atoms with Crippen LogP contribution < -0.4 is 0 Å². The molecule has 0 N–H and O–H groups in total. The van der Waals surface area contributed by atoms with Crippen molar-refractivity contribution in [2.24, 2.45) is 5.92 Å². The van der Waals surface area contributed by atoms with Crippen molar-refractivity contribution in [2.75, 3.05) is 33.2 Å². The van der Waals surface area contributed by atoms with Gasteiger partial charge >= 0.3 is 0 Å². The fraction of sp³-hybridized carbons (Fsp3) is 0.650. The van der Waals surface area contributed by atoms with Crippen molar-refractivity contribution < 1.29 is 4.79 Å². The molecule has 1 heterocycles. The van der Waals surface area contributed by atoms with Crippen molar-refractivity contribution in [3.63, 3.8) is 0 Å². The molecule has 4 nitrogen and oxygen atoms in total. The Labute approximate surface area is 147 Å². The lowest BCUT2D eigenvalue weighted by molar-refractivity contribution is -0.140. The summed E-state index contributed by atoms with van der Waals surface area (Å²) in [7, 11) is 2.07. The monoisotopic (exact) mass is 331 g/mol. The van der Waals surface area contributed by atoms with E-state index in [4.69, 9.17) is 0 Å². The molecule has 0 saturated carbocycles. The molecule has 134 valence electrons. The predicted octanol–water partition coefficient (Wildman–Crippen LogP) is 2.70. The van der Waals surface area contributed by atoms with Gasteiger partial charge in [0.2, 0.25) is 5.91 Å². The summed E-state index contributed by atoms with van der Waals surface area (Å²) in [6.45, 7) is 13.2. The van der Waals surface area contributed by atoms with E-state index in [0.717, 1.165) is 32.7 Å². The summed E-state index contributed by atoms with van der Waals surface area (Å²) in [6, 6.07) is 10.9. The Hall–Kier alpha value is -1.39. The van der Waals surface area contributed by atoms with Gasteiger partial charge in [0.25, 0.3) is 0 Å². The summed E-state index contributed by atoms with van der Waals surface area (Å²) >= 11 is 0. The number of carbonyl (C=O) groups excluding carboxylic acids is 1. The molecule has 0 aliphatic carbocycles. The third-order valence-corrected chi connectivity index (χ3v) is 5.07. The van der Waals surface area contributed by atoms with Crippen molar-refractivity contribution in [3.05, 3.63) is 35.9 Å². The molecule has 1 atom stereocenters. The Morgan fingerprint density at radius 3 is 2.12 bits per heavy atom. The number of amides is 1. The standard InChI is InChI=1S/C20H33N3O/c1-16(2)19(21(5)17(3)4)20(24)23-13-11-22(12-14-23)15-18-9-7-6-8-10-18/h6-10,16-17,19H,11-15H2,1-5H3/t19-/m1/s1. The molecule has 0 spiro atoms. The van der Waals surface area contributed by atoms with Crippen LogP contribution in [-0.2, 0) is 11.3 Å². The minimum atomic E-state index is -0.0225. The molecular weight excluding hydrogens is 298 g/mol. The Kier molecular flexibility index (Phi) is 6.81. The minimum Gasteiger partial charge on any atom is -0.339 e. The summed E-state index contributed by atoms with van der Waals surface area (Å²) in [4.78, 5) is 19.7. The Balaban J connectivity index is 1.91. The van der Waals surface area contributed by atoms with Crippen LogP contribution in [0.15, 0.2) is 30.3 Å². The first-order valence-corrected chi connectivity index (χ1v) is 9.17. The van der Waals surface area contributed by atoms with Gasteiger partial charge in [-0.05, 0) is 32.4 Å². The summed E-state index contributed by atoms with van der Waals surface area (Å²) < 4.78 is 0. The quantitative estimate of drug-likeness (QED) is 0.802. The van der Waals surface area contributed by atoms with Crippen molar-refractivity contribution in [1.29, 1.82) is 0 Å². The highest BCUT2D eigenvalue weighted by atomic mass is 16.2. The van der Waals surface area contributed by atoms with Crippen LogP contribution in [0.4, 0.5) is 0 Å². The van der Waals surface area contributed by atoms with Crippen LogP contribution in [0.2, 0.25) is 0 Å². The number of carbonyl (C=O) groups is 1. The van der Waals surface area contributed by atoms with Gasteiger partial charge in [0.05, 0.1) is 6.04 Å². The second kappa shape index (κ2) is 8.63. The van der Waals surface area contributed by atoms with E-state index in [1.807, 2.05) is 0 Å². The average molecular weight is 332 g/mol. The zero-order valence-corrected chi connectivity index (χ0v) is 15.9. The predicted molar refractivity (Wildman–Crippen MR) is 99.8 cm³/mol. The molecule has 1 fully saturated rings. The second-order valence-corrected chi connectivity index (χ2v) is 7.54. The van der Waals surface area contributed by atoms with Crippen LogP contribution >= 0.6 is 0 Å². The molecule has 1 aromatic carbocycles. The summed E-state index contributed by atoms with van der Waals surface area (Å²) in [5, 5.41) is 0. The lowest BCUT2D eigenvalue weighted by Crippen LogP contribution is -2.56. The Bertz CT molecular complexity index is 507. The molecule has 0 bridgehead atoms. The van der Waals surface area contributed by atoms with E-state index in [0.29, 0.717) is 17.9 Å². The minimum absolute atomic E-state index is 0.0225. The van der Waals surface area contributed by atoms with Gasteiger partial charge in [0, 0.05) is 38.8 Å². The third-order valence-electron chi connectivity index (χ3n) is 5.07. The summed E-state index contributed by atoms with van der Waals surface area (Å²) in [5.74, 6) is 0.618. The van der Waals surface area contributed by atoms with Crippen molar-refractivity contribution in [3.8, 4) is 0 Å². The molecule has 2 rings (SSSR count). The summed E-state index contributed by atoms with van der Waals surface area (Å²) in [5.41, 5.74) is 1.34. The highest BCUT2D eigenvalue weighted by Gasteiger charge is 2.33. The van der Waals surface area contributed by atoms with Gasteiger partial charge in [-0.3, -0.25) is 14.6 Å². The first kappa shape index (κ1) is 18.9. The maximum atomic E-state index is 13.0. The Morgan fingerprint density at radius 2 is 1.62 bits per heavy atom. The molecule has 0 unspecified atom stereocenters. The van der Waals surface area contributed by atoms with E-state index >= 15 is 0 Å². The van der Waals surface area contributed by atoms with Crippen molar-refractivity contribution in [2.45, 2.75) is 46.3 Å². The first-order chi connectivity index (χ1) is 11.4. The lowest BCUT2D eigenvalue weighted by atomic mass is 9.99. The van der Waals surface area contributed by atoms with Crippen LogP contribution in [0, 0.1) is 5.92 Å². The molecule has 1 aliphatic heterocycles. The number of likely N-dealkylation sites (N-methyl/N-ethyl adjacent to an activating group) is 1. The smallest absolute Gasteiger partial charge is 0.240 e. The molecular formula is C20H33N3O. The van der Waals surface area contributed by atoms with E-state index < -0.39 is 0 Å². The van der Waals surface area contributed by atoms with Crippen molar-refractivity contribution >= 4 is 5.91 Å². The van der Waals surface area contributed by atoms with Gasteiger partial charge in [0.15, 0.2) is 0 Å². The van der Waals surface area contributed by atoms with E-state index in [9.17, 15) is 4.79 Å². The number of rotatable bonds is 6. The van der Waals surface area contributed by atoms with Gasteiger partial charge in [-0.15, -0.1) is 0 Å². The molecule has 1 saturated heterocycles. The Morgan fingerprint density at radius 1 is 1.04 bits per heavy atom. The number of hydrogen-bond donors (Lipinski definition) is 0. The highest BCUT2D eigenvalue weighted by Crippen LogP contribution is 2.17. The summed E-state index contributed by atoms with van der Waals surface area (Å²) in [6.07, 6.45) is 0. The SMILES string of the molecule is CC(C)[C@H](C(=O)N1CCN(Cc2ccccc2)CC1)N(C)C(C)C. The van der Waals surface area contributed by atoms with Gasteiger partial charge in [0.1, 0.15) is 0 Å². The number of nitrogens with zero attached hydrogens (tertiary/aromatic N) is 3. The van der Waals surface area contributed by atoms with E-state index in [1.165, 1.54) is 5.56 Å². The first-order valence-electron chi connectivity index (χ1n) is 9.17. The van der Waals surface area contributed by atoms with Crippen LogP contribution in [0.25, 0.3) is 0 Å². The number of hydrogen-bond acceptors (Lipinski definition) is 3. The maximum Gasteiger partial charge on any atom is 0.240 e. The molecule has 24 heavy (non-hydrogen) atoms. The highest BCUT2D eigenvalue weighted by molar-refractivity contribution is 5.82. The second-order valence-electron chi connectivity index (χ2n) is 7.54. The van der Waals surface area contributed by atoms with Crippen molar-refractivity contribution in [1.82, 2.24) is 14.7 Å². The van der Waals surface area contributed by atoms with Crippen LogP contribution in [0.1, 0.15) is 33.3 Å². The van der Waals surface area contributed by atoms with E-state index in [1.54, 1.807) is 0 Å². The average Bonchev–Trinajstić information content (AvgIpc) is 2.56. The van der Waals surface area contributed by atoms with E-state index in [-0.39, 0.29) is 6.04 Å². The maximum absolute atomic E-state index is 13.0. The molecule has 1 aromatic rings. The molecule has 1 amide bonds. The zero-order chi connectivity index (χ0) is 17.7. The topological polar surface area (TPSA) is 26.8 Å². The van der Waals surface area contributed by atoms with Crippen LogP contribution in [-0.4, -0.2) is 65.9 Å². The molecule has 4 heteroatoms. The van der Waals surface area contributed by atoms with Gasteiger partial charge in [-0.1, -0.05) is 44.2 Å². The lowest BCUT2D eigenvalue weighted by Gasteiger charge is -2.40. The normalized spacial score (nSPS) is 17.8. The third kappa shape index (κ3) is 4.81. The van der Waals surface area contributed by atoms with Gasteiger partial charge in [-0.25, -0.2) is 0 Å². The van der Waals surface area contributed by atoms with Gasteiger partial charge in [-0.2, -0.15) is 0 Å². The van der Waals surface area contributed by atoms with E-state index in [2.05, 4.69) is 79.8 Å². The molecule has 1 aliphatic rings. The fourth-order valence-corrected chi connectivity index (χ4v) is 3.41. The largest absolute Gasteiger partial charge is 0.339 e.